The summed E-state index contributed by atoms with van der Waals surface area (Å²) < 4.78 is 5.53. The van der Waals surface area contributed by atoms with Gasteiger partial charge < -0.3 is 14.7 Å². The van der Waals surface area contributed by atoms with E-state index in [1.807, 2.05) is 0 Å². The van der Waals surface area contributed by atoms with Gasteiger partial charge in [-0.15, -0.1) is 0 Å². The average molecular weight is 314 g/mol. The van der Waals surface area contributed by atoms with Gasteiger partial charge in [-0.3, -0.25) is 4.90 Å². The fraction of sp³-hybridized carbons (Fsp3) is 0.750. The fourth-order valence-electron chi connectivity index (χ4n) is 2.01. The number of nitrogens with zero attached hydrogens (tertiary/aromatic N) is 2. The number of ether oxygens (including phenoxy) is 1. The molecule has 5 heteroatoms. The molecule has 1 rings (SSSR count). The van der Waals surface area contributed by atoms with E-state index in [2.05, 4.69) is 54.6 Å². The lowest BCUT2D eigenvalue weighted by molar-refractivity contribution is 0.00616. The molecule has 1 N–H and O–H groups in total. The zero-order valence-electron chi connectivity index (χ0n) is 13.8. The first kappa shape index (κ1) is 18.6. The van der Waals surface area contributed by atoms with Crippen LogP contribution in [0.25, 0.3) is 0 Å². The lowest BCUT2D eigenvalue weighted by atomic mass is 10.2. The predicted molar refractivity (Wildman–Crippen MR) is 89.8 cm³/mol. The summed E-state index contributed by atoms with van der Waals surface area (Å²) in [6.07, 6.45) is -0.426. The van der Waals surface area contributed by atoms with Crippen molar-refractivity contribution in [2.45, 2.75) is 26.5 Å². The van der Waals surface area contributed by atoms with Crippen molar-refractivity contribution < 1.29 is 9.84 Å². The van der Waals surface area contributed by atoms with E-state index in [1.54, 1.807) is 11.3 Å². The molecule has 1 atom stereocenters. The number of aliphatic hydroxyl groups is 1. The van der Waals surface area contributed by atoms with E-state index in [-0.39, 0.29) is 0 Å². The molecule has 0 aromatic carbocycles. The molecule has 0 spiro atoms. The van der Waals surface area contributed by atoms with Crippen LogP contribution in [0.3, 0.4) is 0 Å². The quantitative estimate of drug-likeness (QED) is 0.679. The van der Waals surface area contributed by atoms with Gasteiger partial charge in [0.05, 0.1) is 12.7 Å². The maximum Gasteiger partial charge on any atom is 0.0900 e. The smallest absolute Gasteiger partial charge is 0.0900 e. The minimum Gasteiger partial charge on any atom is -0.389 e. The van der Waals surface area contributed by atoms with Crippen LogP contribution < -0.4 is 0 Å². The van der Waals surface area contributed by atoms with Gasteiger partial charge in [-0.1, -0.05) is 13.8 Å². The van der Waals surface area contributed by atoms with E-state index >= 15 is 0 Å². The molecule has 0 fully saturated rings. The zero-order valence-corrected chi connectivity index (χ0v) is 14.6. The van der Waals surface area contributed by atoms with Crippen LogP contribution >= 0.6 is 11.3 Å². The Morgan fingerprint density at radius 2 is 2.00 bits per heavy atom. The molecule has 0 saturated heterocycles. The molecule has 0 aliphatic rings. The van der Waals surface area contributed by atoms with Crippen molar-refractivity contribution in [3.8, 4) is 0 Å². The topological polar surface area (TPSA) is 35.9 Å². The summed E-state index contributed by atoms with van der Waals surface area (Å²) in [6, 6.07) is 2.15. The maximum atomic E-state index is 10.1. The van der Waals surface area contributed by atoms with Crippen LogP contribution in [0.15, 0.2) is 16.8 Å². The molecule has 0 aliphatic heterocycles. The highest BCUT2D eigenvalue weighted by atomic mass is 32.1. The molecule has 1 aromatic heterocycles. The Bertz CT molecular complexity index is 355. The van der Waals surface area contributed by atoms with E-state index < -0.39 is 6.10 Å². The summed E-state index contributed by atoms with van der Waals surface area (Å²) in [6.45, 7) is 8.84. The van der Waals surface area contributed by atoms with Gasteiger partial charge in [0.25, 0.3) is 0 Å². The molecule has 0 aliphatic carbocycles. The van der Waals surface area contributed by atoms with Crippen molar-refractivity contribution in [3.63, 3.8) is 0 Å². The summed E-state index contributed by atoms with van der Waals surface area (Å²) >= 11 is 1.72. The Kier molecular flexibility index (Phi) is 9.11. The van der Waals surface area contributed by atoms with Gasteiger partial charge in [0.15, 0.2) is 0 Å². The molecule has 0 saturated carbocycles. The van der Waals surface area contributed by atoms with Crippen LogP contribution in [0.4, 0.5) is 0 Å². The van der Waals surface area contributed by atoms with E-state index in [0.29, 0.717) is 25.7 Å². The van der Waals surface area contributed by atoms with Gasteiger partial charge in [-0.05, 0) is 42.4 Å². The third-order valence-electron chi connectivity index (χ3n) is 3.08. The summed E-state index contributed by atoms with van der Waals surface area (Å²) in [5.74, 6) is 0.507. The highest BCUT2D eigenvalue weighted by molar-refractivity contribution is 7.07. The third kappa shape index (κ3) is 9.22. The van der Waals surface area contributed by atoms with Crippen molar-refractivity contribution in [3.05, 3.63) is 22.4 Å². The Labute approximate surface area is 133 Å². The minimum atomic E-state index is -0.426. The van der Waals surface area contributed by atoms with Crippen molar-refractivity contribution in [1.29, 1.82) is 0 Å². The monoisotopic (exact) mass is 314 g/mol. The summed E-state index contributed by atoms with van der Waals surface area (Å²) in [5.41, 5.74) is 1.31. The molecular formula is C16H30N2O2S. The average Bonchev–Trinajstić information content (AvgIpc) is 2.88. The van der Waals surface area contributed by atoms with Crippen LogP contribution in [-0.2, 0) is 11.3 Å². The summed E-state index contributed by atoms with van der Waals surface area (Å²) in [4.78, 5) is 4.47. The number of likely N-dealkylation sites (N-methyl/N-ethyl adjacent to an activating group) is 1. The molecule has 1 heterocycles. The lowest BCUT2D eigenvalue weighted by Crippen LogP contribution is -2.38. The van der Waals surface area contributed by atoms with E-state index in [9.17, 15) is 5.11 Å². The molecule has 1 aromatic rings. The normalized spacial score (nSPS) is 13.5. The first-order valence-corrected chi connectivity index (χ1v) is 8.55. The zero-order chi connectivity index (χ0) is 15.7. The number of hydrogen-bond donors (Lipinski definition) is 1. The van der Waals surface area contributed by atoms with E-state index in [1.165, 1.54) is 5.56 Å². The third-order valence-corrected chi connectivity index (χ3v) is 3.81. The predicted octanol–water partition coefficient (Wildman–Crippen LogP) is 2.15. The molecular weight excluding hydrogens is 284 g/mol. The highest BCUT2D eigenvalue weighted by Gasteiger charge is 2.13. The van der Waals surface area contributed by atoms with Crippen LogP contribution in [0.2, 0.25) is 0 Å². The molecule has 1 unspecified atom stereocenters. The van der Waals surface area contributed by atoms with Gasteiger partial charge >= 0.3 is 0 Å². The van der Waals surface area contributed by atoms with Crippen LogP contribution in [-0.4, -0.2) is 68.0 Å². The lowest BCUT2D eigenvalue weighted by Gasteiger charge is -2.26. The summed E-state index contributed by atoms with van der Waals surface area (Å²) in [7, 11) is 4.15. The standard InChI is InChI=1S/C16H30N2O2S/c1-14(2)11-20-12-16(19)10-18(7-6-17(3)4)9-15-5-8-21-13-15/h5,8,13-14,16,19H,6-7,9-12H2,1-4H3. The maximum absolute atomic E-state index is 10.1. The molecule has 0 bridgehead atoms. The van der Waals surface area contributed by atoms with Crippen molar-refractivity contribution in [2.24, 2.45) is 5.92 Å². The number of aliphatic hydroxyl groups excluding tert-OH is 1. The van der Waals surface area contributed by atoms with Gasteiger partial charge in [-0.25, -0.2) is 0 Å². The van der Waals surface area contributed by atoms with Crippen LogP contribution in [0.1, 0.15) is 19.4 Å². The number of hydrogen-bond acceptors (Lipinski definition) is 5. The Hall–Kier alpha value is -0.460. The second kappa shape index (κ2) is 10.3. The van der Waals surface area contributed by atoms with Gasteiger partial charge in [0.1, 0.15) is 0 Å². The van der Waals surface area contributed by atoms with Gasteiger partial charge in [0, 0.05) is 32.8 Å². The van der Waals surface area contributed by atoms with E-state index in [4.69, 9.17) is 4.74 Å². The molecule has 4 nitrogen and oxygen atoms in total. The SMILES string of the molecule is CC(C)COCC(O)CN(CCN(C)C)Cc1ccsc1. The Morgan fingerprint density at radius 3 is 2.57 bits per heavy atom. The van der Waals surface area contributed by atoms with Crippen LogP contribution in [0, 0.1) is 5.92 Å². The van der Waals surface area contributed by atoms with Crippen molar-refractivity contribution in [2.75, 3.05) is 46.9 Å². The second-order valence-corrected chi connectivity index (χ2v) is 7.04. The number of rotatable bonds is 11. The van der Waals surface area contributed by atoms with Gasteiger partial charge in [-0.2, -0.15) is 11.3 Å². The molecule has 0 radical (unpaired) electrons. The second-order valence-electron chi connectivity index (χ2n) is 6.26. The number of thiophene rings is 1. The summed E-state index contributed by atoms with van der Waals surface area (Å²) in [5, 5.41) is 14.4. The Morgan fingerprint density at radius 1 is 1.24 bits per heavy atom. The largest absolute Gasteiger partial charge is 0.389 e. The Balaban J connectivity index is 2.39. The molecule has 21 heavy (non-hydrogen) atoms. The molecule has 0 amide bonds. The minimum absolute atomic E-state index is 0.417. The van der Waals surface area contributed by atoms with Crippen LogP contribution in [0.5, 0.6) is 0 Å². The van der Waals surface area contributed by atoms with Crippen molar-refractivity contribution >= 4 is 11.3 Å². The van der Waals surface area contributed by atoms with E-state index in [0.717, 1.165) is 19.6 Å². The van der Waals surface area contributed by atoms with Crippen molar-refractivity contribution in [1.82, 2.24) is 9.80 Å². The first-order valence-electron chi connectivity index (χ1n) is 7.61. The molecule has 122 valence electrons. The van der Waals surface area contributed by atoms with Gasteiger partial charge in [0.2, 0.25) is 0 Å². The highest BCUT2D eigenvalue weighted by Crippen LogP contribution is 2.10. The first-order chi connectivity index (χ1) is 9.97. The fourth-order valence-corrected chi connectivity index (χ4v) is 2.67.